The molecule has 1 aromatic carbocycles. The number of hydrogen-bond donors (Lipinski definition) is 3. The van der Waals surface area contributed by atoms with Gasteiger partial charge in [-0.2, -0.15) is 0 Å². The van der Waals surface area contributed by atoms with Crippen LogP contribution >= 0.6 is 15.9 Å². The maximum atomic E-state index is 11.8. The zero-order valence-corrected chi connectivity index (χ0v) is 12.5. The van der Waals surface area contributed by atoms with Crippen LogP contribution in [-0.2, 0) is 14.8 Å². The Kier molecular flexibility index (Phi) is 5.58. The Morgan fingerprint density at radius 2 is 2.26 bits per heavy atom. The summed E-state index contributed by atoms with van der Waals surface area (Å²) in [6.07, 6.45) is 0. The molecule has 7 nitrogen and oxygen atoms in total. The molecular formula is C10H14BrN3O4S. The van der Waals surface area contributed by atoms with Gasteiger partial charge in [0.15, 0.2) is 5.84 Å². The summed E-state index contributed by atoms with van der Waals surface area (Å²) >= 11 is 3.22. The highest BCUT2D eigenvalue weighted by atomic mass is 79.9. The van der Waals surface area contributed by atoms with Gasteiger partial charge in [-0.05, 0) is 18.2 Å². The normalized spacial score (nSPS) is 12.4. The van der Waals surface area contributed by atoms with Crippen molar-refractivity contribution in [2.24, 2.45) is 10.9 Å². The topological polar surface area (TPSA) is 114 Å². The van der Waals surface area contributed by atoms with Crippen molar-refractivity contribution in [3.63, 3.8) is 0 Å². The van der Waals surface area contributed by atoms with Crippen LogP contribution in [0.25, 0.3) is 0 Å². The third-order valence-corrected chi connectivity index (χ3v) is 3.92. The molecule has 0 unspecified atom stereocenters. The first-order chi connectivity index (χ1) is 8.89. The van der Waals surface area contributed by atoms with Gasteiger partial charge in [0.05, 0.1) is 18.0 Å². The number of benzene rings is 1. The Labute approximate surface area is 119 Å². The first-order valence-electron chi connectivity index (χ1n) is 5.16. The van der Waals surface area contributed by atoms with Gasteiger partial charge in [-0.3, -0.25) is 4.72 Å². The average molecular weight is 352 g/mol. The van der Waals surface area contributed by atoms with Crippen LogP contribution in [0.1, 0.15) is 5.56 Å². The number of rotatable bonds is 6. The summed E-state index contributed by atoms with van der Waals surface area (Å²) in [6.45, 7) is 0.0717. The highest BCUT2D eigenvalue weighted by Gasteiger charge is 2.15. The molecule has 0 saturated carbocycles. The van der Waals surface area contributed by atoms with Crippen molar-refractivity contribution < 1.29 is 18.4 Å². The van der Waals surface area contributed by atoms with Crippen LogP contribution in [0.2, 0.25) is 0 Å². The molecule has 0 radical (unpaired) electrons. The lowest BCUT2D eigenvalue weighted by molar-refractivity contribution is 0.217. The van der Waals surface area contributed by atoms with Gasteiger partial charge < -0.3 is 15.7 Å². The Morgan fingerprint density at radius 1 is 1.58 bits per heavy atom. The number of amidine groups is 1. The lowest BCUT2D eigenvalue weighted by Gasteiger charge is -2.12. The Hall–Kier alpha value is -1.32. The molecule has 0 aliphatic carbocycles. The van der Waals surface area contributed by atoms with E-state index >= 15 is 0 Å². The fraction of sp³-hybridized carbons (Fsp3) is 0.300. The minimum atomic E-state index is -3.57. The van der Waals surface area contributed by atoms with Gasteiger partial charge in [0.1, 0.15) is 0 Å². The molecule has 0 fully saturated rings. The first kappa shape index (κ1) is 15.7. The van der Waals surface area contributed by atoms with Gasteiger partial charge in [-0.15, -0.1) is 0 Å². The molecule has 0 spiro atoms. The predicted molar refractivity (Wildman–Crippen MR) is 75.9 cm³/mol. The third-order valence-electron chi connectivity index (χ3n) is 2.19. The van der Waals surface area contributed by atoms with Crippen molar-refractivity contribution >= 4 is 37.5 Å². The molecule has 0 aromatic heterocycles. The van der Waals surface area contributed by atoms with Gasteiger partial charge in [0.25, 0.3) is 0 Å². The van der Waals surface area contributed by atoms with Crippen molar-refractivity contribution in [1.29, 1.82) is 0 Å². The monoisotopic (exact) mass is 351 g/mol. The van der Waals surface area contributed by atoms with Crippen LogP contribution in [-0.4, -0.2) is 38.9 Å². The number of sulfonamides is 1. The van der Waals surface area contributed by atoms with Crippen LogP contribution in [0.5, 0.6) is 0 Å². The Balaban J connectivity index is 3.09. The number of hydrogen-bond acceptors (Lipinski definition) is 5. The summed E-state index contributed by atoms with van der Waals surface area (Å²) in [5.41, 5.74) is 6.00. The van der Waals surface area contributed by atoms with Crippen molar-refractivity contribution in [3.05, 3.63) is 28.2 Å². The standard InChI is InChI=1S/C10H14BrN3O4S/c1-18-4-5-19(16,17)14-9-6-7(11)2-3-8(9)10(12)13-15/h2-3,6,14-15H,4-5H2,1H3,(H2,12,13). The summed E-state index contributed by atoms with van der Waals surface area (Å²) in [4.78, 5) is 0. The molecule has 106 valence electrons. The van der Waals surface area contributed by atoms with Crippen molar-refractivity contribution in [1.82, 2.24) is 0 Å². The van der Waals surface area contributed by atoms with Crippen molar-refractivity contribution in [3.8, 4) is 0 Å². The Bertz CT molecular complexity index is 574. The molecule has 1 aromatic rings. The van der Waals surface area contributed by atoms with Gasteiger partial charge in [-0.1, -0.05) is 21.1 Å². The first-order valence-corrected chi connectivity index (χ1v) is 7.61. The maximum Gasteiger partial charge on any atom is 0.235 e. The smallest absolute Gasteiger partial charge is 0.235 e. The summed E-state index contributed by atoms with van der Waals surface area (Å²) < 4.78 is 31.3. The average Bonchev–Trinajstić information content (AvgIpc) is 2.35. The molecule has 0 aliphatic heterocycles. The second-order valence-electron chi connectivity index (χ2n) is 3.59. The van der Waals surface area contributed by atoms with Gasteiger partial charge in [-0.25, -0.2) is 8.42 Å². The fourth-order valence-electron chi connectivity index (χ4n) is 1.29. The minimum absolute atomic E-state index is 0.0717. The second kappa shape index (κ2) is 6.73. The Morgan fingerprint density at radius 3 is 2.84 bits per heavy atom. The van der Waals surface area contributed by atoms with E-state index in [1.54, 1.807) is 6.07 Å². The predicted octanol–water partition coefficient (Wildman–Crippen LogP) is 0.932. The van der Waals surface area contributed by atoms with Gasteiger partial charge >= 0.3 is 0 Å². The molecule has 0 bridgehead atoms. The maximum absolute atomic E-state index is 11.8. The van der Waals surface area contributed by atoms with Crippen molar-refractivity contribution in [2.75, 3.05) is 24.2 Å². The zero-order chi connectivity index (χ0) is 14.5. The number of methoxy groups -OCH3 is 1. The minimum Gasteiger partial charge on any atom is -0.409 e. The number of ether oxygens (including phenoxy) is 1. The molecule has 19 heavy (non-hydrogen) atoms. The summed E-state index contributed by atoms with van der Waals surface area (Å²) in [5, 5.41) is 11.5. The van der Waals surface area contributed by atoms with Crippen molar-refractivity contribution in [2.45, 2.75) is 0 Å². The third kappa shape index (κ3) is 4.69. The van der Waals surface area contributed by atoms with E-state index in [0.29, 0.717) is 4.47 Å². The lowest BCUT2D eigenvalue weighted by Crippen LogP contribution is -2.23. The summed E-state index contributed by atoms with van der Waals surface area (Å²) in [5.74, 6) is -0.372. The fourth-order valence-corrected chi connectivity index (χ4v) is 2.64. The van der Waals surface area contributed by atoms with E-state index in [0.717, 1.165) is 0 Å². The second-order valence-corrected chi connectivity index (χ2v) is 6.35. The van der Waals surface area contributed by atoms with Crippen LogP contribution in [0, 0.1) is 0 Å². The van der Waals surface area contributed by atoms with Crippen LogP contribution < -0.4 is 10.5 Å². The largest absolute Gasteiger partial charge is 0.409 e. The number of oxime groups is 1. The highest BCUT2D eigenvalue weighted by Crippen LogP contribution is 2.22. The van der Waals surface area contributed by atoms with Crippen LogP contribution in [0.15, 0.2) is 27.8 Å². The quantitative estimate of drug-likeness (QED) is 0.305. The molecular weight excluding hydrogens is 338 g/mol. The van der Waals surface area contributed by atoms with Crippen LogP contribution in [0.3, 0.4) is 0 Å². The molecule has 0 heterocycles. The lowest BCUT2D eigenvalue weighted by atomic mass is 10.2. The summed E-state index contributed by atoms with van der Waals surface area (Å²) in [6, 6.07) is 4.71. The van der Waals surface area contributed by atoms with Gasteiger partial charge in [0, 0.05) is 17.1 Å². The van der Waals surface area contributed by atoms with Crippen LogP contribution in [0.4, 0.5) is 5.69 Å². The van der Waals surface area contributed by atoms with Gasteiger partial charge in [0.2, 0.25) is 10.0 Å². The van der Waals surface area contributed by atoms with E-state index in [1.807, 2.05) is 0 Å². The van der Waals surface area contributed by atoms with E-state index in [9.17, 15) is 8.42 Å². The van der Waals surface area contributed by atoms with E-state index in [2.05, 4.69) is 25.8 Å². The van der Waals surface area contributed by atoms with E-state index in [-0.39, 0.29) is 29.4 Å². The number of nitrogens with one attached hydrogen (secondary N) is 1. The number of halogens is 1. The number of nitrogens with two attached hydrogens (primary N) is 1. The molecule has 0 atom stereocenters. The SMILES string of the molecule is COCCS(=O)(=O)Nc1cc(Br)ccc1/C(N)=N/O. The number of nitrogens with zero attached hydrogens (tertiary/aromatic N) is 1. The zero-order valence-electron chi connectivity index (χ0n) is 10.1. The summed E-state index contributed by atoms with van der Waals surface area (Å²) in [7, 11) is -2.15. The molecule has 4 N–H and O–H groups in total. The molecule has 0 aliphatic rings. The van der Waals surface area contributed by atoms with E-state index in [4.69, 9.17) is 15.7 Å². The number of anilines is 1. The highest BCUT2D eigenvalue weighted by molar-refractivity contribution is 9.10. The molecule has 9 heteroatoms. The van der Waals surface area contributed by atoms with E-state index in [1.165, 1.54) is 19.2 Å². The molecule has 0 amide bonds. The van der Waals surface area contributed by atoms with E-state index < -0.39 is 10.0 Å². The molecule has 1 rings (SSSR count). The molecule has 0 saturated heterocycles.